The van der Waals surface area contributed by atoms with E-state index in [9.17, 15) is 14.4 Å². The Bertz CT molecular complexity index is 652. The van der Waals surface area contributed by atoms with Crippen LogP contribution < -0.4 is 16.4 Å². The first-order chi connectivity index (χ1) is 12.4. The van der Waals surface area contributed by atoms with Crippen LogP contribution in [0.1, 0.15) is 37.0 Å². The van der Waals surface area contributed by atoms with Gasteiger partial charge in [-0.3, -0.25) is 14.4 Å². The average Bonchev–Trinajstić information content (AvgIpc) is 2.64. The topological polar surface area (TPSA) is 105 Å². The third-order valence-corrected chi connectivity index (χ3v) is 4.52. The number of para-hydroxylation sites is 1. The number of anilines is 1. The fraction of sp³-hybridized carbons (Fsp3) is 0.526. The summed E-state index contributed by atoms with van der Waals surface area (Å²) in [5, 5.41) is 5.96. The van der Waals surface area contributed by atoms with Crippen LogP contribution in [0.4, 0.5) is 5.69 Å². The summed E-state index contributed by atoms with van der Waals surface area (Å²) >= 11 is 0. The van der Waals surface area contributed by atoms with E-state index < -0.39 is 0 Å². The van der Waals surface area contributed by atoms with Crippen molar-refractivity contribution in [2.45, 2.75) is 26.7 Å². The summed E-state index contributed by atoms with van der Waals surface area (Å²) in [5.74, 6) is -0.278. The van der Waals surface area contributed by atoms with Gasteiger partial charge in [0, 0.05) is 31.2 Å². The Morgan fingerprint density at radius 2 is 1.85 bits per heavy atom. The van der Waals surface area contributed by atoms with Gasteiger partial charge in [0.2, 0.25) is 11.8 Å². The molecule has 142 valence electrons. The van der Waals surface area contributed by atoms with Gasteiger partial charge in [0.1, 0.15) is 0 Å². The van der Waals surface area contributed by atoms with Crippen molar-refractivity contribution in [3.63, 3.8) is 0 Å². The lowest BCUT2D eigenvalue weighted by molar-refractivity contribution is -0.133. The highest BCUT2D eigenvalue weighted by atomic mass is 16.2. The molecule has 0 unspecified atom stereocenters. The van der Waals surface area contributed by atoms with Crippen LogP contribution in [0.25, 0.3) is 0 Å². The molecule has 0 atom stereocenters. The molecule has 0 bridgehead atoms. The molecule has 1 aliphatic heterocycles. The van der Waals surface area contributed by atoms with Crippen molar-refractivity contribution in [1.82, 2.24) is 10.2 Å². The van der Waals surface area contributed by atoms with Crippen LogP contribution in [-0.4, -0.2) is 48.8 Å². The number of carbonyl (C=O) groups excluding carboxylic acids is 3. The molecule has 0 aromatic heterocycles. The van der Waals surface area contributed by atoms with E-state index in [1.807, 2.05) is 19.9 Å². The van der Waals surface area contributed by atoms with Crippen molar-refractivity contribution >= 4 is 23.4 Å². The minimum Gasteiger partial charge on any atom is -0.376 e. The molecule has 26 heavy (non-hydrogen) atoms. The first kappa shape index (κ1) is 19.8. The number of piperidine rings is 1. The molecule has 1 fully saturated rings. The Balaban J connectivity index is 1.90. The first-order valence-corrected chi connectivity index (χ1v) is 9.06. The lowest BCUT2D eigenvalue weighted by atomic mass is 9.96. The van der Waals surface area contributed by atoms with Crippen LogP contribution in [0.15, 0.2) is 24.3 Å². The Labute approximate surface area is 154 Å². The number of primary amides is 1. The molecule has 1 aromatic carbocycles. The molecular weight excluding hydrogens is 332 g/mol. The summed E-state index contributed by atoms with van der Waals surface area (Å²) in [6, 6.07) is 7.15. The number of rotatable bonds is 7. The molecule has 1 aromatic rings. The van der Waals surface area contributed by atoms with Crippen molar-refractivity contribution in [3.8, 4) is 0 Å². The molecule has 3 amide bonds. The summed E-state index contributed by atoms with van der Waals surface area (Å²) in [7, 11) is 0. The highest BCUT2D eigenvalue weighted by Crippen LogP contribution is 2.18. The zero-order valence-corrected chi connectivity index (χ0v) is 15.5. The second-order valence-corrected chi connectivity index (χ2v) is 7.06. The van der Waals surface area contributed by atoms with Crippen LogP contribution in [0.5, 0.6) is 0 Å². The lowest BCUT2D eigenvalue weighted by Gasteiger charge is -2.30. The minimum absolute atomic E-state index is 0.0506. The van der Waals surface area contributed by atoms with Gasteiger partial charge in [-0.25, -0.2) is 0 Å². The maximum Gasteiger partial charge on any atom is 0.253 e. The number of carbonyl (C=O) groups is 3. The number of hydrogen-bond donors (Lipinski definition) is 3. The van der Waals surface area contributed by atoms with E-state index in [0.717, 1.165) is 0 Å². The van der Waals surface area contributed by atoms with Gasteiger partial charge in [0.25, 0.3) is 5.91 Å². The molecule has 1 heterocycles. The van der Waals surface area contributed by atoms with Gasteiger partial charge in [0.05, 0.1) is 12.1 Å². The normalized spacial score (nSPS) is 15.0. The van der Waals surface area contributed by atoms with E-state index >= 15 is 0 Å². The van der Waals surface area contributed by atoms with Gasteiger partial charge in [-0.1, -0.05) is 26.0 Å². The molecular formula is C19H28N4O3. The van der Waals surface area contributed by atoms with Crippen LogP contribution in [-0.2, 0) is 9.59 Å². The molecule has 7 nitrogen and oxygen atoms in total. The fourth-order valence-corrected chi connectivity index (χ4v) is 2.92. The molecule has 7 heteroatoms. The Morgan fingerprint density at radius 3 is 2.46 bits per heavy atom. The zero-order chi connectivity index (χ0) is 19.1. The highest BCUT2D eigenvalue weighted by molar-refractivity contribution is 6.00. The second-order valence-electron chi connectivity index (χ2n) is 7.06. The molecule has 0 spiro atoms. The van der Waals surface area contributed by atoms with E-state index in [1.165, 1.54) is 0 Å². The van der Waals surface area contributed by atoms with Crippen molar-refractivity contribution in [3.05, 3.63) is 29.8 Å². The zero-order valence-electron chi connectivity index (χ0n) is 15.5. The number of benzene rings is 1. The summed E-state index contributed by atoms with van der Waals surface area (Å²) in [5.41, 5.74) is 6.47. The Hall–Kier alpha value is -2.57. The van der Waals surface area contributed by atoms with Crippen LogP contribution in [0.2, 0.25) is 0 Å². The van der Waals surface area contributed by atoms with Gasteiger partial charge in [0.15, 0.2) is 0 Å². The fourth-order valence-electron chi connectivity index (χ4n) is 2.92. The number of hydrogen-bond acceptors (Lipinski definition) is 4. The maximum atomic E-state index is 12.4. The molecule has 4 N–H and O–H groups in total. The summed E-state index contributed by atoms with van der Waals surface area (Å²) < 4.78 is 0. The van der Waals surface area contributed by atoms with Gasteiger partial charge < -0.3 is 21.3 Å². The van der Waals surface area contributed by atoms with Crippen molar-refractivity contribution in [2.24, 2.45) is 17.6 Å². The van der Waals surface area contributed by atoms with Gasteiger partial charge in [-0.15, -0.1) is 0 Å². The van der Waals surface area contributed by atoms with Gasteiger partial charge >= 0.3 is 0 Å². The number of nitrogens with zero attached hydrogens (tertiary/aromatic N) is 1. The third kappa shape index (κ3) is 5.47. The molecule has 2 rings (SSSR count). The van der Waals surface area contributed by atoms with Crippen molar-refractivity contribution in [2.75, 3.05) is 31.5 Å². The van der Waals surface area contributed by atoms with E-state index in [4.69, 9.17) is 5.73 Å². The largest absolute Gasteiger partial charge is 0.376 e. The van der Waals surface area contributed by atoms with E-state index in [2.05, 4.69) is 10.6 Å². The monoisotopic (exact) mass is 360 g/mol. The molecule has 0 saturated carbocycles. The first-order valence-electron chi connectivity index (χ1n) is 9.06. The number of nitrogens with one attached hydrogen (secondary N) is 2. The van der Waals surface area contributed by atoms with Gasteiger partial charge in [-0.2, -0.15) is 0 Å². The predicted molar refractivity (Wildman–Crippen MR) is 101 cm³/mol. The quantitative estimate of drug-likeness (QED) is 0.680. The number of likely N-dealkylation sites (tertiary alicyclic amines) is 1. The maximum absolute atomic E-state index is 12.4. The van der Waals surface area contributed by atoms with E-state index in [1.54, 1.807) is 23.1 Å². The smallest absolute Gasteiger partial charge is 0.253 e. The van der Waals surface area contributed by atoms with Gasteiger partial charge in [-0.05, 0) is 30.9 Å². The second kappa shape index (κ2) is 9.22. The SMILES string of the molecule is CC(C)CNC(=O)c1ccccc1NCC(=O)N1CCC(C(N)=O)CC1. The molecule has 1 saturated heterocycles. The molecule has 0 radical (unpaired) electrons. The third-order valence-electron chi connectivity index (χ3n) is 4.52. The molecule has 1 aliphatic rings. The van der Waals surface area contributed by atoms with E-state index in [-0.39, 0.29) is 30.2 Å². The predicted octanol–water partition coefficient (Wildman–Crippen LogP) is 1.21. The minimum atomic E-state index is -0.295. The van der Waals surface area contributed by atoms with Crippen molar-refractivity contribution < 1.29 is 14.4 Å². The summed E-state index contributed by atoms with van der Waals surface area (Å²) in [6.45, 7) is 5.83. The van der Waals surface area contributed by atoms with Crippen LogP contribution >= 0.6 is 0 Å². The summed E-state index contributed by atoms with van der Waals surface area (Å²) in [6.07, 6.45) is 1.21. The van der Waals surface area contributed by atoms with Crippen LogP contribution in [0.3, 0.4) is 0 Å². The molecule has 0 aliphatic carbocycles. The Kier molecular flexibility index (Phi) is 7.00. The standard InChI is InChI=1S/C19H28N4O3/c1-13(2)11-22-19(26)15-5-3-4-6-16(15)21-12-17(24)23-9-7-14(8-10-23)18(20)25/h3-6,13-14,21H,7-12H2,1-2H3,(H2,20,25)(H,22,26). The number of amides is 3. The summed E-state index contributed by atoms with van der Waals surface area (Å²) in [4.78, 5) is 37.7. The Morgan fingerprint density at radius 1 is 1.19 bits per heavy atom. The van der Waals surface area contributed by atoms with Crippen LogP contribution in [0, 0.1) is 11.8 Å². The number of nitrogens with two attached hydrogens (primary N) is 1. The van der Waals surface area contributed by atoms with E-state index in [0.29, 0.717) is 49.6 Å². The lowest BCUT2D eigenvalue weighted by Crippen LogP contribution is -2.43. The highest BCUT2D eigenvalue weighted by Gasteiger charge is 2.25. The van der Waals surface area contributed by atoms with Crippen molar-refractivity contribution in [1.29, 1.82) is 0 Å². The average molecular weight is 360 g/mol.